The number of hydrogen-bond acceptors (Lipinski definition) is 2. The number of benzene rings is 2. The molecule has 1 atom stereocenters. The van der Waals surface area contributed by atoms with Crippen LogP contribution in [-0.4, -0.2) is 14.0 Å². The van der Waals surface area contributed by atoms with Gasteiger partial charge in [0.05, 0.1) is 27.1 Å². The molecule has 0 N–H and O–H groups in total. The van der Waals surface area contributed by atoms with Crippen molar-refractivity contribution in [1.29, 1.82) is 0 Å². The Labute approximate surface area is 124 Å². The van der Waals surface area contributed by atoms with Crippen LogP contribution in [0.3, 0.4) is 0 Å². The van der Waals surface area contributed by atoms with Gasteiger partial charge in [0, 0.05) is 12.4 Å². The minimum atomic E-state index is -1.39. The molecule has 0 aliphatic rings. The van der Waals surface area contributed by atoms with Gasteiger partial charge in [0.25, 0.3) is 0 Å². The summed E-state index contributed by atoms with van der Waals surface area (Å²) in [6, 6.07) is 15.6. The largest absolute Gasteiger partial charge is 0.254 e. The highest BCUT2D eigenvalue weighted by molar-refractivity contribution is 7.84. The molecule has 0 fully saturated rings. The van der Waals surface area contributed by atoms with Crippen LogP contribution in [0.5, 0.6) is 0 Å². The highest BCUT2D eigenvalue weighted by Gasteiger charge is 2.10. The van der Waals surface area contributed by atoms with Crippen LogP contribution < -0.4 is 0 Å². The first kappa shape index (κ1) is 13.7. The molecule has 2 aromatic carbocycles. The number of nitrogens with zero attached hydrogens (tertiary/aromatic N) is 2. The molecule has 0 saturated heterocycles. The van der Waals surface area contributed by atoms with Crippen LogP contribution >= 0.6 is 0 Å². The Morgan fingerprint density at radius 1 is 1.05 bits per heavy atom. The molecule has 1 aromatic heterocycles. The first-order chi connectivity index (χ1) is 10.2. The Balaban J connectivity index is 1.77. The van der Waals surface area contributed by atoms with Gasteiger partial charge < -0.3 is 0 Å². The summed E-state index contributed by atoms with van der Waals surface area (Å²) in [5.41, 5.74) is 1.83. The van der Waals surface area contributed by atoms with E-state index in [1.54, 1.807) is 29.1 Å². The fraction of sp³-hybridized carbons (Fsp3) is 0.0625. The van der Waals surface area contributed by atoms with Crippen LogP contribution in [0.4, 0.5) is 4.39 Å². The normalized spacial score (nSPS) is 12.2. The van der Waals surface area contributed by atoms with E-state index in [0.717, 1.165) is 11.3 Å². The van der Waals surface area contributed by atoms with Crippen LogP contribution in [0.15, 0.2) is 71.9 Å². The van der Waals surface area contributed by atoms with Crippen molar-refractivity contribution < 1.29 is 8.60 Å². The van der Waals surface area contributed by atoms with Crippen molar-refractivity contribution in [3.63, 3.8) is 0 Å². The van der Waals surface area contributed by atoms with Crippen LogP contribution in [0, 0.1) is 5.82 Å². The summed E-state index contributed by atoms with van der Waals surface area (Å²) >= 11 is 0. The quantitative estimate of drug-likeness (QED) is 0.741. The minimum Gasteiger partial charge on any atom is -0.254 e. The maximum atomic E-state index is 13.6. The van der Waals surface area contributed by atoms with E-state index in [-0.39, 0.29) is 4.90 Å². The number of hydrogen-bond donors (Lipinski definition) is 0. The van der Waals surface area contributed by atoms with Gasteiger partial charge in [-0.05, 0) is 35.9 Å². The fourth-order valence-electron chi connectivity index (χ4n) is 2.02. The van der Waals surface area contributed by atoms with Gasteiger partial charge in [-0.2, -0.15) is 5.10 Å². The van der Waals surface area contributed by atoms with Gasteiger partial charge in [0.1, 0.15) is 5.82 Å². The third-order valence-corrected chi connectivity index (χ3v) is 4.50. The van der Waals surface area contributed by atoms with E-state index in [4.69, 9.17) is 0 Å². The predicted octanol–water partition coefficient (Wildman–Crippen LogP) is 3.32. The summed E-state index contributed by atoms with van der Waals surface area (Å²) in [6.45, 7) is 0. The van der Waals surface area contributed by atoms with Gasteiger partial charge in [-0.25, -0.2) is 9.07 Å². The van der Waals surface area contributed by atoms with E-state index in [2.05, 4.69) is 5.10 Å². The van der Waals surface area contributed by atoms with Crippen molar-refractivity contribution in [1.82, 2.24) is 9.78 Å². The van der Waals surface area contributed by atoms with Crippen molar-refractivity contribution in [2.75, 3.05) is 0 Å². The van der Waals surface area contributed by atoms with Crippen LogP contribution in [-0.2, 0) is 16.6 Å². The number of halogens is 1. The average molecular weight is 300 g/mol. The zero-order valence-corrected chi connectivity index (χ0v) is 12.0. The topological polar surface area (TPSA) is 34.9 Å². The molecule has 3 nitrogen and oxygen atoms in total. The first-order valence-electron chi connectivity index (χ1n) is 6.46. The molecule has 0 bridgehead atoms. The maximum Gasteiger partial charge on any atom is 0.139 e. The summed E-state index contributed by atoms with van der Waals surface area (Å²) < 4.78 is 27.5. The fourth-order valence-corrected chi connectivity index (χ4v) is 3.19. The number of aromatic nitrogens is 2. The molecule has 21 heavy (non-hydrogen) atoms. The van der Waals surface area contributed by atoms with Gasteiger partial charge >= 0.3 is 0 Å². The molecule has 0 radical (unpaired) electrons. The summed E-state index contributed by atoms with van der Waals surface area (Å²) in [5.74, 6) is -0.135. The highest BCUT2D eigenvalue weighted by atomic mass is 32.2. The average Bonchev–Trinajstić information content (AvgIpc) is 3.02. The standard InChI is InChI=1S/C16H13FN2OS/c17-15-4-1-2-5-16(15)21(20)12-13-6-8-14(9-7-13)19-11-3-10-18-19/h1-11H,12H2/t21-/m0/s1. The zero-order chi connectivity index (χ0) is 14.7. The molecule has 5 heteroatoms. The van der Waals surface area contributed by atoms with Crippen molar-refractivity contribution in [3.05, 3.63) is 78.4 Å². The summed E-state index contributed by atoms with van der Waals surface area (Å²) in [6.07, 6.45) is 3.56. The van der Waals surface area contributed by atoms with E-state index in [1.165, 1.54) is 6.07 Å². The molecule has 0 unspecified atom stereocenters. The monoisotopic (exact) mass is 300 g/mol. The van der Waals surface area contributed by atoms with Crippen molar-refractivity contribution in [2.24, 2.45) is 0 Å². The number of rotatable bonds is 4. The van der Waals surface area contributed by atoms with Gasteiger partial charge in [0.15, 0.2) is 0 Å². The van der Waals surface area contributed by atoms with E-state index in [9.17, 15) is 8.60 Å². The van der Waals surface area contributed by atoms with Gasteiger partial charge in [-0.15, -0.1) is 0 Å². The molecule has 3 aromatic rings. The van der Waals surface area contributed by atoms with Crippen LogP contribution in [0.25, 0.3) is 5.69 Å². The summed E-state index contributed by atoms with van der Waals surface area (Å²) in [5, 5.41) is 4.14. The minimum absolute atomic E-state index is 0.244. The molecular formula is C16H13FN2OS. The Bertz CT molecular complexity index is 754. The third-order valence-electron chi connectivity index (χ3n) is 3.08. The Morgan fingerprint density at radius 2 is 1.81 bits per heavy atom. The second-order valence-corrected chi connectivity index (χ2v) is 5.96. The lowest BCUT2D eigenvalue weighted by molar-refractivity contribution is 0.595. The van der Waals surface area contributed by atoms with Crippen LogP contribution in [0.2, 0.25) is 0 Å². The van der Waals surface area contributed by atoms with Crippen molar-refractivity contribution in [2.45, 2.75) is 10.6 Å². The Hall–Kier alpha value is -2.27. The molecule has 0 saturated carbocycles. The molecule has 1 heterocycles. The van der Waals surface area contributed by atoms with E-state index in [1.807, 2.05) is 36.5 Å². The van der Waals surface area contributed by atoms with Crippen LogP contribution in [0.1, 0.15) is 5.56 Å². The first-order valence-corrected chi connectivity index (χ1v) is 7.78. The Kier molecular flexibility index (Phi) is 3.92. The highest BCUT2D eigenvalue weighted by Crippen LogP contribution is 2.17. The SMILES string of the molecule is O=[S@@](Cc1ccc(-n2cccn2)cc1)c1ccccc1F. The lowest BCUT2D eigenvalue weighted by atomic mass is 10.2. The molecule has 0 aliphatic carbocycles. The summed E-state index contributed by atoms with van der Waals surface area (Å²) in [7, 11) is -1.39. The maximum absolute atomic E-state index is 13.6. The van der Waals surface area contributed by atoms with E-state index >= 15 is 0 Å². The predicted molar refractivity (Wildman–Crippen MR) is 80.1 cm³/mol. The zero-order valence-electron chi connectivity index (χ0n) is 11.1. The summed E-state index contributed by atoms with van der Waals surface area (Å²) in [4.78, 5) is 0.244. The second kappa shape index (κ2) is 6.01. The third kappa shape index (κ3) is 3.08. The van der Waals surface area contributed by atoms with Gasteiger partial charge in [-0.3, -0.25) is 4.21 Å². The lowest BCUT2D eigenvalue weighted by Gasteiger charge is -2.06. The molecule has 0 aliphatic heterocycles. The van der Waals surface area contributed by atoms with Gasteiger partial charge in [-0.1, -0.05) is 24.3 Å². The Morgan fingerprint density at radius 3 is 2.48 bits per heavy atom. The van der Waals surface area contributed by atoms with Gasteiger partial charge in [0.2, 0.25) is 0 Å². The molecule has 106 valence electrons. The molecule has 0 spiro atoms. The smallest absolute Gasteiger partial charge is 0.139 e. The van der Waals surface area contributed by atoms with E-state index in [0.29, 0.717) is 5.75 Å². The molecule has 3 rings (SSSR count). The van der Waals surface area contributed by atoms with E-state index < -0.39 is 16.6 Å². The van der Waals surface area contributed by atoms with Crippen molar-refractivity contribution >= 4 is 10.8 Å². The second-order valence-electron chi connectivity index (χ2n) is 4.54. The lowest BCUT2D eigenvalue weighted by Crippen LogP contribution is -2.00. The molecule has 0 amide bonds. The molecular weight excluding hydrogens is 287 g/mol. The van der Waals surface area contributed by atoms with Crippen molar-refractivity contribution in [3.8, 4) is 5.69 Å².